The number of amides is 2. The normalized spacial score (nSPS) is 14.7. The third-order valence-corrected chi connectivity index (χ3v) is 5.51. The maximum atomic E-state index is 12.2. The molecule has 1 heterocycles. The molecule has 8 heteroatoms. The smallest absolute Gasteiger partial charge is 0.241 e. The van der Waals surface area contributed by atoms with Crippen molar-refractivity contribution in [3.63, 3.8) is 0 Å². The van der Waals surface area contributed by atoms with E-state index in [1.165, 1.54) is 6.07 Å². The molecule has 1 saturated heterocycles. The average Bonchev–Trinajstić information content (AvgIpc) is 3.07. The van der Waals surface area contributed by atoms with E-state index >= 15 is 0 Å². The Morgan fingerprint density at radius 1 is 1.08 bits per heavy atom. The summed E-state index contributed by atoms with van der Waals surface area (Å²) in [4.78, 5) is 25.4. The van der Waals surface area contributed by atoms with Gasteiger partial charge in [0.1, 0.15) is 0 Å². The molecule has 0 aliphatic carbocycles. The molecule has 1 fully saturated rings. The maximum Gasteiger partial charge on any atom is 0.241 e. The number of hydrogen-bond acceptors (Lipinski definition) is 4. The highest BCUT2D eigenvalue weighted by atomic mass is 32.2. The summed E-state index contributed by atoms with van der Waals surface area (Å²) in [6, 6.07) is 4.78. The van der Waals surface area contributed by atoms with Crippen LogP contribution in [0.25, 0.3) is 0 Å². The molecule has 0 spiro atoms. The monoisotopic (exact) mass is 353 g/mol. The predicted molar refractivity (Wildman–Crippen MR) is 89.9 cm³/mol. The van der Waals surface area contributed by atoms with Crippen LogP contribution >= 0.6 is 0 Å². The van der Waals surface area contributed by atoms with Gasteiger partial charge in [0.15, 0.2) is 0 Å². The Hall–Kier alpha value is -1.93. The summed E-state index contributed by atoms with van der Waals surface area (Å²) >= 11 is 0. The van der Waals surface area contributed by atoms with Gasteiger partial charge in [-0.3, -0.25) is 9.59 Å². The van der Waals surface area contributed by atoms with Crippen molar-refractivity contribution < 1.29 is 18.0 Å². The largest absolute Gasteiger partial charge is 0.346 e. The molecule has 0 bridgehead atoms. The fourth-order valence-corrected chi connectivity index (χ4v) is 3.51. The van der Waals surface area contributed by atoms with Crippen molar-refractivity contribution in [1.29, 1.82) is 0 Å². The second-order valence-electron chi connectivity index (χ2n) is 5.94. The number of hydrogen-bond donors (Lipinski definition) is 2. The van der Waals surface area contributed by atoms with Gasteiger partial charge in [0, 0.05) is 13.1 Å². The summed E-state index contributed by atoms with van der Waals surface area (Å²) in [6.45, 7) is 4.64. The Balaban J connectivity index is 1.83. The first-order valence-electron chi connectivity index (χ1n) is 7.91. The highest BCUT2D eigenvalue weighted by Crippen LogP contribution is 2.14. The zero-order chi connectivity index (χ0) is 17.7. The molecule has 0 radical (unpaired) electrons. The number of nitrogens with one attached hydrogen (secondary N) is 2. The van der Waals surface area contributed by atoms with Crippen LogP contribution in [0.5, 0.6) is 0 Å². The van der Waals surface area contributed by atoms with Crippen LogP contribution in [-0.4, -0.2) is 51.3 Å². The number of benzene rings is 1. The van der Waals surface area contributed by atoms with Crippen LogP contribution < -0.4 is 10.0 Å². The van der Waals surface area contributed by atoms with Crippen LogP contribution in [0, 0.1) is 13.8 Å². The maximum absolute atomic E-state index is 12.2. The average molecular weight is 353 g/mol. The molecule has 2 amide bonds. The number of rotatable bonds is 6. The van der Waals surface area contributed by atoms with Crippen LogP contribution in [-0.2, 0) is 19.6 Å². The van der Waals surface area contributed by atoms with Gasteiger partial charge in [-0.15, -0.1) is 0 Å². The minimum Gasteiger partial charge on any atom is -0.346 e. The Morgan fingerprint density at radius 3 is 2.38 bits per heavy atom. The molecule has 2 N–H and O–H groups in total. The number of carbonyl (C=O) groups is 2. The highest BCUT2D eigenvalue weighted by molar-refractivity contribution is 7.89. The Morgan fingerprint density at radius 2 is 1.75 bits per heavy atom. The van der Waals surface area contributed by atoms with Gasteiger partial charge in [-0.25, -0.2) is 13.1 Å². The van der Waals surface area contributed by atoms with Gasteiger partial charge in [0.2, 0.25) is 21.8 Å². The third kappa shape index (κ3) is 4.78. The first-order valence-corrected chi connectivity index (χ1v) is 9.39. The predicted octanol–water partition coefficient (Wildman–Crippen LogP) is 0.320. The lowest BCUT2D eigenvalue weighted by Gasteiger charge is -2.15. The first-order chi connectivity index (χ1) is 11.3. The van der Waals surface area contributed by atoms with Gasteiger partial charge < -0.3 is 10.2 Å². The van der Waals surface area contributed by atoms with Crippen molar-refractivity contribution in [3.05, 3.63) is 29.3 Å². The number of carbonyl (C=O) groups excluding carboxylic acids is 2. The number of sulfonamides is 1. The summed E-state index contributed by atoms with van der Waals surface area (Å²) in [6.07, 6.45) is 1.96. The number of aryl methyl sites for hydroxylation is 2. The van der Waals surface area contributed by atoms with E-state index in [1.54, 1.807) is 17.0 Å². The van der Waals surface area contributed by atoms with Crippen molar-refractivity contribution in [2.24, 2.45) is 0 Å². The highest BCUT2D eigenvalue weighted by Gasteiger charge is 2.19. The van der Waals surface area contributed by atoms with Crippen LogP contribution in [0.2, 0.25) is 0 Å². The van der Waals surface area contributed by atoms with Crippen LogP contribution in [0.1, 0.15) is 24.0 Å². The van der Waals surface area contributed by atoms with E-state index in [2.05, 4.69) is 10.0 Å². The van der Waals surface area contributed by atoms with E-state index in [4.69, 9.17) is 0 Å². The van der Waals surface area contributed by atoms with E-state index in [1.807, 2.05) is 13.8 Å². The second kappa shape index (κ2) is 7.76. The number of likely N-dealkylation sites (tertiary alicyclic amines) is 1. The molecular formula is C16H23N3O4S. The summed E-state index contributed by atoms with van der Waals surface area (Å²) < 4.78 is 26.6. The molecule has 0 saturated carbocycles. The molecule has 0 unspecified atom stereocenters. The van der Waals surface area contributed by atoms with Crippen LogP contribution in [0.15, 0.2) is 23.1 Å². The van der Waals surface area contributed by atoms with Gasteiger partial charge in [-0.05, 0) is 49.9 Å². The molecule has 0 atom stereocenters. The molecule has 1 aromatic rings. The van der Waals surface area contributed by atoms with E-state index in [9.17, 15) is 18.0 Å². The molecule has 2 rings (SSSR count). The van der Waals surface area contributed by atoms with Gasteiger partial charge in [0.05, 0.1) is 18.0 Å². The van der Waals surface area contributed by atoms with Crippen LogP contribution in [0.4, 0.5) is 0 Å². The molecule has 7 nitrogen and oxygen atoms in total. The molecule has 1 aliphatic heterocycles. The molecule has 132 valence electrons. The standard InChI is InChI=1S/C16H23N3O4S/c1-12-5-6-14(9-13(12)2)24(22,23)18-10-15(20)17-11-16(21)19-7-3-4-8-19/h5-6,9,18H,3-4,7-8,10-11H2,1-2H3,(H,17,20). The van der Waals surface area contributed by atoms with Crippen molar-refractivity contribution >= 4 is 21.8 Å². The quantitative estimate of drug-likeness (QED) is 0.770. The van der Waals surface area contributed by atoms with Gasteiger partial charge in [-0.1, -0.05) is 6.07 Å². The zero-order valence-corrected chi connectivity index (χ0v) is 14.8. The van der Waals surface area contributed by atoms with Gasteiger partial charge in [0.25, 0.3) is 0 Å². The fourth-order valence-electron chi connectivity index (χ4n) is 2.44. The van der Waals surface area contributed by atoms with E-state index in [0.29, 0.717) is 13.1 Å². The van der Waals surface area contributed by atoms with E-state index in [0.717, 1.165) is 24.0 Å². The Labute approximate surface area is 142 Å². The van der Waals surface area contributed by atoms with Crippen molar-refractivity contribution in [3.8, 4) is 0 Å². The van der Waals surface area contributed by atoms with Crippen LogP contribution in [0.3, 0.4) is 0 Å². The van der Waals surface area contributed by atoms with Gasteiger partial charge >= 0.3 is 0 Å². The zero-order valence-electron chi connectivity index (χ0n) is 14.0. The second-order valence-corrected chi connectivity index (χ2v) is 7.70. The Kier molecular flexibility index (Phi) is 5.95. The lowest BCUT2D eigenvalue weighted by molar-refractivity contribution is -0.131. The molecule has 1 aliphatic rings. The fraction of sp³-hybridized carbons (Fsp3) is 0.500. The summed E-state index contributed by atoms with van der Waals surface area (Å²) in [5.41, 5.74) is 1.85. The minimum atomic E-state index is -3.75. The molecular weight excluding hydrogens is 330 g/mol. The lowest BCUT2D eigenvalue weighted by atomic mass is 10.1. The summed E-state index contributed by atoms with van der Waals surface area (Å²) in [5, 5.41) is 2.45. The van der Waals surface area contributed by atoms with E-state index in [-0.39, 0.29) is 17.3 Å². The van der Waals surface area contributed by atoms with Crippen molar-refractivity contribution in [2.75, 3.05) is 26.2 Å². The molecule has 24 heavy (non-hydrogen) atoms. The van der Waals surface area contributed by atoms with Crippen molar-refractivity contribution in [2.45, 2.75) is 31.6 Å². The third-order valence-electron chi connectivity index (χ3n) is 4.11. The Bertz CT molecular complexity index is 725. The minimum absolute atomic E-state index is 0.107. The topological polar surface area (TPSA) is 95.6 Å². The van der Waals surface area contributed by atoms with Crippen molar-refractivity contribution in [1.82, 2.24) is 14.9 Å². The number of nitrogens with zero attached hydrogens (tertiary/aromatic N) is 1. The summed E-state index contributed by atoms with van der Waals surface area (Å²) in [7, 11) is -3.75. The first kappa shape index (κ1) is 18.4. The molecule has 1 aromatic carbocycles. The van der Waals surface area contributed by atoms with E-state index < -0.39 is 22.5 Å². The molecule has 0 aromatic heterocycles. The summed E-state index contributed by atoms with van der Waals surface area (Å²) in [5.74, 6) is -0.673. The van der Waals surface area contributed by atoms with Gasteiger partial charge in [-0.2, -0.15) is 0 Å². The SMILES string of the molecule is Cc1ccc(S(=O)(=O)NCC(=O)NCC(=O)N2CCCC2)cc1C. The lowest BCUT2D eigenvalue weighted by Crippen LogP contribution is -2.42.